The first kappa shape index (κ1) is 23.9. The van der Waals surface area contributed by atoms with Gasteiger partial charge in [0.2, 0.25) is 0 Å². The van der Waals surface area contributed by atoms with Gasteiger partial charge in [-0.25, -0.2) is 0 Å². The van der Waals surface area contributed by atoms with Gasteiger partial charge in [-0.2, -0.15) is 0 Å². The molecule has 0 fully saturated rings. The Bertz CT molecular complexity index is 2370. The normalized spacial score (nSPS) is 13.7. The minimum atomic E-state index is -0.00662. The summed E-state index contributed by atoms with van der Waals surface area (Å²) in [7, 11) is 0. The fraction of sp³-hybridized carbons (Fsp3) is 0.0732. The van der Waals surface area contributed by atoms with Crippen LogP contribution in [0.3, 0.4) is 0 Å². The number of hydrogen-bond donors (Lipinski definition) is 0. The third-order valence-corrected chi connectivity index (χ3v) is 10.7. The van der Waals surface area contributed by atoms with Gasteiger partial charge in [0.1, 0.15) is 0 Å². The van der Waals surface area contributed by atoms with Crippen LogP contribution in [0, 0.1) is 0 Å². The van der Waals surface area contributed by atoms with Crippen molar-refractivity contribution in [2.24, 2.45) is 0 Å². The van der Waals surface area contributed by atoms with Crippen LogP contribution >= 0.6 is 11.3 Å². The van der Waals surface area contributed by atoms with E-state index in [4.69, 9.17) is 0 Å². The highest BCUT2D eigenvalue weighted by Gasteiger charge is 2.35. The van der Waals surface area contributed by atoms with Gasteiger partial charge in [0.25, 0.3) is 0 Å². The Morgan fingerprint density at radius 3 is 1.93 bits per heavy atom. The highest BCUT2D eigenvalue weighted by Crippen LogP contribution is 2.50. The van der Waals surface area contributed by atoms with Crippen molar-refractivity contribution in [3.8, 4) is 33.4 Å². The third kappa shape index (κ3) is 3.29. The molecule has 42 heavy (non-hydrogen) atoms. The van der Waals surface area contributed by atoms with Crippen LogP contribution in [-0.4, -0.2) is 0 Å². The van der Waals surface area contributed by atoms with Gasteiger partial charge in [0, 0.05) is 31.0 Å². The van der Waals surface area contributed by atoms with Crippen LogP contribution in [0.1, 0.15) is 25.0 Å². The standard InChI is InChI=1S/C41H28S/c1-41(2)36-15-9-8-13-30(36)31-19-16-27(23-37(31)41)26-17-20-33-35(22-26)29-12-6-7-14-32(29)39-34-21-18-28(24-38(34)42-40(33)39)25-10-4-3-5-11-25/h3-24H,1-2H3. The Morgan fingerprint density at radius 1 is 0.429 bits per heavy atom. The number of thiophene rings is 1. The monoisotopic (exact) mass is 552 g/mol. The molecule has 0 saturated carbocycles. The molecule has 0 saturated heterocycles. The van der Waals surface area contributed by atoms with Crippen molar-refractivity contribution in [3.05, 3.63) is 145 Å². The summed E-state index contributed by atoms with van der Waals surface area (Å²) in [4.78, 5) is 0. The van der Waals surface area contributed by atoms with Crippen LogP contribution in [0.4, 0.5) is 0 Å². The molecule has 1 heteroatoms. The predicted molar refractivity (Wildman–Crippen MR) is 183 cm³/mol. The van der Waals surface area contributed by atoms with Gasteiger partial charge in [-0.15, -0.1) is 11.3 Å². The van der Waals surface area contributed by atoms with E-state index < -0.39 is 0 Å². The van der Waals surface area contributed by atoms with E-state index in [1.54, 1.807) is 0 Å². The van der Waals surface area contributed by atoms with E-state index in [0.29, 0.717) is 0 Å². The van der Waals surface area contributed by atoms with E-state index >= 15 is 0 Å². The van der Waals surface area contributed by atoms with E-state index in [-0.39, 0.29) is 5.41 Å². The Morgan fingerprint density at radius 2 is 1.07 bits per heavy atom. The number of rotatable bonds is 2. The van der Waals surface area contributed by atoms with Crippen molar-refractivity contribution in [2.45, 2.75) is 19.3 Å². The summed E-state index contributed by atoms with van der Waals surface area (Å²) in [6, 6.07) is 49.7. The molecule has 8 aromatic rings. The van der Waals surface area contributed by atoms with Crippen LogP contribution < -0.4 is 0 Å². The van der Waals surface area contributed by atoms with Crippen LogP contribution in [0.25, 0.3) is 75.1 Å². The summed E-state index contributed by atoms with van der Waals surface area (Å²) in [5, 5.41) is 8.04. The quantitative estimate of drug-likeness (QED) is 0.187. The third-order valence-electron chi connectivity index (χ3n) is 9.46. The molecule has 1 heterocycles. The van der Waals surface area contributed by atoms with E-state index in [1.807, 2.05) is 11.3 Å². The molecule has 9 rings (SSSR count). The smallest absolute Gasteiger partial charge is 0.0440 e. The van der Waals surface area contributed by atoms with Gasteiger partial charge in [-0.3, -0.25) is 0 Å². The molecule has 0 spiro atoms. The lowest BCUT2D eigenvalue weighted by molar-refractivity contribution is 0.660. The maximum atomic E-state index is 2.43. The summed E-state index contributed by atoms with van der Waals surface area (Å²) in [6.45, 7) is 4.72. The highest BCUT2D eigenvalue weighted by molar-refractivity contribution is 7.27. The minimum Gasteiger partial charge on any atom is -0.134 e. The molecule has 1 aliphatic carbocycles. The topological polar surface area (TPSA) is 0 Å². The van der Waals surface area contributed by atoms with Crippen molar-refractivity contribution >= 4 is 53.1 Å². The van der Waals surface area contributed by atoms with E-state index in [9.17, 15) is 0 Å². The molecule has 0 N–H and O–H groups in total. The maximum absolute atomic E-state index is 2.43. The Hall–Kier alpha value is -4.72. The van der Waals surface area contributed by atoms with Gasteiger partial charge in [-0.1, -0.05) is 129 Å². The molecule has 0 nitrogen and oxygen atoms in total. The van der Waals surface area contributed by atoms with Gasteiger partial charge in [0.05, 0.1) is 0 Å². The van der Waals surface area contributed by atoms with Gasteiger partial charge >= 0.3 is 0 Å². The molecular formula is C41H28S. The summed E-state index contributed by atoms with van der Waals surface area (Å²) >= 11 is 1.93. The average Bonchev–Trinajstić information content (AvgIpc) is 3.54. The number of hydrogen-bond acceptors (Lipinski definition) is 1. The Balaban J connectivity index is 1.27. The SMILES string of the molecule is CC1(C)c2ccccc2-c2ccc(-c3ccc4c(c3)c3ccccc3c3c5ccc(-c6ccccc6)cc5sc43)cc21. The van der Waals surface area contributed by atoms with E-state index in [0.717, 1.165) is 0 Å². The van der Waals surface area contributed by atoms with Crippen molar-refractivity contribution in [1.29, 1.82) is 0 Å². The molecule has 7 aromatic carbocycles. The van der Waals surface area contributed by atoms with Crippen molar-refractivity contribution in [2.75, 3.05) is 0 Å². The zero-order valence-corrected chi connectivity index (χ0v) is 24.4. The van der Waals surface area contributed by atoms with Crippen LogP contribution in [-0.2, 0) is 5.41 Å². The summed E-state index contributed by atoms with van der Waals surface area (Å²) < 4.78 is 2.72. The maximum Gasteiger partial charge on any atom is 0.0440 e. The molecule has 0 aliphatic heterocycles. The first-order valence-electron chi connectivity index (χ1n) is 14.7. The molecule has 0 atom stereocenters. The van der Waals surface area contributed by atoms with Gasteiger partial charge in [0.15, 0.2) is 0 Å². The molecule has 1 aromatic heterocycles. The predicted octanol–water partition coefficient (Wildman–Crippen LogP) is 12.0. The second-order valence-electron chi connectivity index (χ2n) is 12.1. The van der Waals surface area contributed by atoms with Crippen molar-refractivity contribution in [3.63, 3.8) is 0 Å². The first-order chi connectivity index (χ1) is 20.6. The molecular weight excluding hydrogens is 525 g/mol. The zero-order chi connectivity index (χ0) is 28.0. The molecule has 0 bridgehead atoms. The lowest BCUT2D eigenvalue weighted by Crippen LogP contribution is -2.14. The minimum absolute atomic E-state index is 0.00662. The van der Waals surface area contributed by atoms with Crippen LogP contribution in [0.15, 0.2) is 133 Å². The van der Waals surface area contributed by atoms with Gasteiger partial charge in [-0.05, 0) is 78.9 Å². The lowest BCUT2D eigenvalue weighted by Gasteiger charge is -2.22. The second kappa shape index (κ2) is 8.64. The Kier molecular flexibility index (Phi) is 4.93. The fourth-order valence-electron chi connectivity index (χ4n) is 7.33. The van der Waals surface area contributed by atoms with Crippen LogP contribution in [0.2, 0.25) is 0 Å². The van der Waals surface area contributed by atoms with Gasteiger partial charge < -0.3 is 0 Å². The molecule has 1 aliphatic rings. The van der Waals surface area contributed by atoms with Crippen LogP contribution in [0.5, 0.6) is 0 Å². The molecule has 0 radical (unpaired) electrons. The summed E-state index contributed by atoms with van der Waals surface area (Å²) in [5.74, 6) is 0. The number of fused-ring (bicyclic) bond motifs is 11. The molecule has 198 valence electrons. The fourth-order valence-corrected chi connectivity index (χ4v) is 8.62. The lowest BCUT2D eigenvalue weighted by atomic mass is 9.81. The second-order valence-corrected chi connectivity index (χ2v) is 13.2. The largest absolute Gasteiger partial charge is 0.134 e. The molecule has 0 unspecified atom stereocenters. The van der Waals surface area contributed by atoms with Crippen molar-refractivity contribution in [1.82, 2.24) is 0 Å². The zero-order valence-electron chi connectivity index (χ0n) is 23.6. The summed E-state index contributed by atoms with van der Waals surface area (Å²) in [6.07, 6.45) is 0. The Labute approximate surface area is 249 Å². The van der Waals surface area contributed by atoms with E-state index in [2.05, 4.69) is 147 Å². The van der Waals surface area contributed by atoms with Crippen molar-refractivity contribution < 1.29 is 0 Å². The summed E-state index contributed by atoms with van der Waals surface area (Å²) in [5.41, 5.74) is 10.7. The highest BCUT2D eigenvalue weighted by atomic mass is 32.1. The average molecular weight is 553 g/mol. The van der Waals surface area contributed by atoms with E-state index in [1.165, 1.54) is 86.2 Å². The molecule has 0 amide bonds. The number of benzene rings is 7. The first-order valence-corrected chi connectivity index (χ1v) is 15.5.